The highest BCUT2D eigenvalue weighted by atomic mass is 16.5. The average molecular weight is 735 g/mol. The van der Waals surface area contributed by atoms with Gasteiger partial charge in [0.25, 0.3) is 5.88 Å². The van der Waals surface area contributed by atoms with Gasteiger partial charge in [0.15, 0.2) is 11.6 Å². The number of rotatable bonds is 11. The van der Waals surface area contributed by atoms with Crippen LogP contribution >= 0.6 is 0 Å². The molecule has 2 amide bonds. The standard InChI is InChI=1S/C40H46N8O6/c1-5-26-10-12-27(13-11-26)25(4)42-39(51)33-18-29(49)23-48(33)40(52)37(24(2)3)35-20-36(45-54-35)53-17-16-46-14-15-47-28(22-46)21-41-38-32(47)19-31(43-44-38)30-8-6-7-9-34(30)50/h1,6-13,19-20,24-25,28-29,33,37,49-50H,14-18,21-23H2,2-4H3,(H,41,44)(H,42,51)/t25-,28-,29+,33-,37-/m0/s1. The predicted octanol–water partition coefficient (Wildman–Crippen LogP) is 3.39. The number of fused-ring (bicyclic) bond motifs is 3. The van der Waals surface area contributed by atoms with Crippen molar-refractivity contribution in [3.8, 4) is 35.2 Å². The van der Waals surface area contributed by atoms with Crippen LogP contribution in [-0.4, -0.2) is 111 Å². The minimum Gasteiger partial charge on any atom is -0.507 e. The smallest absolute Gasteiger partial charge is 0.254 e. The fraction of sp³-hybridized carbons (Fsp3) is 0.425. The maximum Gasteiger partial charge on any atom is 0.254 e. The van der Waals surface area contributed by atoms with Gasteiger partial charge < -0.3 is 39.9 Å². The van der Waals surface area contributed by atoms with Gasteiger partial charge in [0.05, 0.1) is 29.6 Å². The van der Waals surface area contributed by atoms with Crippen molar-refractivity contribution in [1.29, 1.82) is 0 Å². The first-order chi connectivity index (χ1) is 26.1. The predicted molar refractivity (Wildman–Crippen MR) is 202 cm³/mol. The van der Waals surface area contributed by atoms with Crippen molar-refractivity contribution in [2.75, 3.05) is 56.1 Å². The van der Waals surface area contributed by atoms with Gasteiger partial charge in [-0.3, -0.25) is 14.5 Å². The molecular weight excluding hydrogens is 688 g/mol. The highest BCUT2D eigenvalue weighted by molar-refractivity contribution is 5.91. The first-order valence-corrected chi connectivity index (χ1v) is 18.4. The summed E-state index contributed by atoms with van der Waals surface area (Å²) >= 11 is 0. The molecule has 2 aromatic carbocycles. The number of para-hydroxylation sites is 1. The molecular formula is C40H46N8O6. The Bertz CT molecular complexity index is 2010. The van der Waals surface area contributed by atoms with E-state index in [4.69, 9.17) is 15.7 Å². The number of benzene rings is 2. The van der Waals surface area contributed by atoms with Gasteiger partial charge in [0.2, 0.25) is 11.8 Å². The summed E-state index contributed by atoms with van der Waals surface area (Å²) in [4.78, 5) is 33.7. The first-order valence-electron chi connectivity index (χ1n) is 18.4. The third kappa shape index (κ3) is 7.69. The molecule has 5 atom stereocenters. The lowest BCUT2D eigenvalue weighted by Gasteiger charge is -2.45. The number of hydrogen-bond acceptors (Lipinski definition) is 12. The Kier molecular flexibility index (Phi) is 10.7. The number of nitrogens with one attached hydrogen (secondary N) is 2. The Hall–Kier alpha value is -5.65. The van der Waals surface area contributed by atoms with Gasteiger partial charge in [0.1, 0.15) is 24.3 Å². The van der Waals surface area contributed by atoms with Crippen LogP contribution in [0.1, 0.15) is 56.0 Å². The monoisotopic (exact) mass is 734 g/mol. The van der Waals surface area contributed by atoms with Crippen LogP contribution in [0.2, 0.25) is 0 Å². The highest BCUT2D eigenvalue weighted by Crippen LogP contribution is 2.36. The third-order valence-corrected chi connectivity index (χ3v) is 10.5. The fourth-order valence-electron chi connectivity index (χ4n) is 7.62. The molecule has 5 heterocycles. The summed E-state index contributed by atoms with van der Waals surface area (Å²) in [5.41, 5.74) is 3.85. The van der Waals surface area contributed by atoms with Crippen LogP contribution in [-0.2, 0) is 9.59 Å². The van der Waals surface area contributed by atoms with Crippen LogP contribution in [0.25, 0.3) is 11.3 Å². The third-order valence-electron chi connectivity index (χ3n) is 10.5. The number of terminal acetylenes is 1. The minimum atomic E-state index is -0.833. The van der Waals surface area contributed by atoms with Crippen molar-refractivity contribution in [1.82, 2.24) is 30.5 Å². The summed E-state index contributed by atoms with van der Waals surface area (Å²) in [6, 6.07) is 17.2. The molecule has 0 spiro atoms. The molecule has 14 nitrogen and oxygen atoms in total. The van der Waals surface area contributed by atoms with E-state index in [1.54, 1.807) is 18.2 Å². The van der Waals surface area contributed by atoms with Gasteiger partial charge in [0, 0.05) is 62.9 Å². The number of aromatic nitrogens is 3. The summed E-state index contributed by atoms with van der Waals surface area (Å²) < 4.78 is 11.7. The molecule has 54 heavy (non-hydrogen) atoms. The number of aliphatic hydroxyl groups is 1. The van der Waals surface area contributed by atoms with E-state index in [2.05, 4.69) is 41.7 Å². The molecule has 3 aliphatic heterocycles. The van der Waals surface area contributed by atoms with Crippen LogP contribution in [0.3, 0.4) is 0 Å². The number of carbonyl (C=O) groups excluding carboxylic acids is 2. The number of carbonyl (C=O) groups is 2. The highest BCUT2D eigenvalue weighted by Gasteiger charge is 2.43. The van der Waals surface area contributed by atoms with Crippen LogP contribution in [0, 0.1) is 18.3 Å². The molecule has 282 valence electrons. The number of aliphatic hydroxyl groups excluding tert-OH is 1. The molecule has 0 aliphatic carbocycles. The van der Waals surface area contributed by atoms with Crippen LogP contribution in [0.4, 0.5) is 11.5 Å². The van der Waals surface area contributed by atoms with E-state index in [1.165, 1.54) is 4.90 Å². The molecule has 7 rings (SSSR count). The van der Waals surface area contributed by atoms with Crippen LogP contribution in [0.5, 0.6) is 11.6 Å². The molecule has 0 saturated carbocycles. The Balaban J connectivity index is 0.939. The molecule has 2 saturated heterocycles. The SMILES string of the molecule is C#Cc1ccc([C@H](C)NC(=O)[C@@H]2C[C@@H](O)CN2C(=O)[C@H](c2cc(OCCN3CCN4c5cc(-c6ccccc6O)nnc5NC[C@H]4C3)no2)C(C)C)cc1. The Morgan fingerprint density at radius 2 is 1.89 bits per heavy atom. The van der Waals surface area contributed by atoms with E-state index in [0.717, 1.165) is 48.8 Å². The molecule has 4 aromatic rings. The number of anilines is 2. The van der Waals surface area contributed by atoms with Gasteiger partial charge >= 0.3 is 0 Å². The molecule has 0 bridgehead atoms. The number of phenolic OH excluding ortho intramolecular Hbond substituents is 1. The van der Waals surface area contributed by atoms with E-state index < -0.39 is 18.1 Å². The second-order valence-corrected chi connectivity index (χ2v) is 14.5. The number of aromatic hydroxyl groups is 1. The number of hydrogen-bond donors (Lipinski definition) is 4. The molecule has 4 N–H and O–H groups in total. The summed E-state index contributed by atoms with van der Waals surface area (Å²) in [6.07, 6.45) is 4.78. The number of amides is 2. The zero-order valence-corrected chi connectivity index (χ0v) is 30.7. The molecule has 3 aliphatic rings. The van der Waals surface area contributed by atoms with Gasteiger partial charge in [-0.05, 0) is 53.9 Å². The number of ether oxygens (including phenoxy) is 1. The molecule has 2 aromatic heterocycles. The van der Waals surface area contributed by atoms with Gasteiger partial charge in [-0.1, -0.05) is 44.0 Å². The van der Waals surface area contributed by atoms with Crippen LogP contribution in [0.15, 0.2) is 65.2 Å². The van der Waals surface area contributed by atoms with E-state index >= 15 is 0 Å². The summed E-state index contributed by atoms with van der Waals surface area (Å²) in [7, 11) is 0. The zero-order valence-electron chi connectivity index (χ0n) is 30.7. The second kappa shape index (κ2) is 15.8. The molecule has 0 radical (unpaired) electrons. The Morgan fingerprint density at radius 1 is 1.09 bits per heavy atom. The first kappa shape index (κ1) is 36.7. The molecule has 0 unspecified atom stereocenters. The summed E-state index contributed by atoms with van der Waals surface area (Å²) in [5.74, 6) is 2.56. The number of phenols is 1. The lowest BCUT2D eigenvalue weighted by molar-refractivity contribution is -0.141. The van der Waals surface area contributed by atoms with E-state index in [9.17, 15) is 19.8 Å². The van der Waals surface area contributed by atoms with Crippen molar-refractivity contribution < 1.29 is 29.1 Å². The van der Waals surface area contributed by atoms with Crippen molar-refractivity contribution in [3.05, 3.63) is 77.6 Å². The van der Waals surface area contributed by atoms with E-state index in [1.807, 2.05) is 63.2 Å². The van der Waals surface area contributed by atoms with Gasteiger partial charge in [-0.15, -0.1) is 16.6 Å². The quantitative estimate of drug-likeness (QED) is 0.166. The zero-order chi connectivity index (χ0) is 37.9. The largest absolute Gasteiger partial charge is 0.507 e. The lowest BCUT2D eigenvalue weighted by Crippen LogP contribution is -2.58. The van der Waals surface area contributed by atoms with Gasteiger partial charge in [-0.25, -0.2) is 0 Å². The topological polar surface area (TPSA) is 169 Å². The molecule has 2 fully saturated rings. The normalized spacial score (nSPS) is 20.7. The van der Waals surface area contributed by atoms with Crippen molar-refractivity contribution in [3.63, 3.8) is 0 Å². The van der Waals surface area contributed by atoms with Gasteiger partial charge in [-0.2, -0.15) is 0 Å². The number of β-amino-alcohol motifs (C(OH)–C–C–N with tert-alkyl or cyclic N) is 1. The lowest BCUT2D eigenvalue weighted by atomic mass is 9.91. The summed E-state index contributed by atoms with van der Waals surface area (Å²) in [5, 5.41) is 40.2. The maximum atomic E-state index is 14.1. The Labute approximate surface area is 314 Å². The summed E-state index contributed by atoms with van der Waals surface area (Å²) in [6.45, 7) is 9.91. The maximum absolute atomic E-state index is 14.1. The molecule has 14 heteroatoms. The number of piperazine rings is 1. The van der Waals surface area contributed by atoms with Crippen molar-refractivity contribution in [2.24, 2.45) is 5.92 Å². The van der Waals surface area contributed by atoms with Crippen LogP contribution < -0.4 is 20.3 Å². The van der Waals surface area contributed by atoms with Crippen molar-refractivity contribution >= 4 is 23.3 Å². The number of likely N-dealkylation sites (tertiary alicyclic amines) is 1. The van der Waals surface area contributed by atoms with E-state index in [0.29, 0.717) is 30.2 Å². The van der Waals surface area contributed by atoms with Crippen molar-refractivity contribution in [2.45, 2.75) is 57.3 Å². The Morgan fingerprint density at radius 3 is 2.65 bits per heavy atom. The van der Waals surface area contributed by atoms with E-state index in [-0.39, 0.29) is 54.4 Å². The second-order valence-electron chi connectivity index (χ2n) is 14.5. The minimum absolute atomic E-state index is 0.0451. The number of nitrogens with zero attached hydrogens (tertiary/aromatic N) is 6. The fourth-order valence-corrected chi connectivity index (χ4v) is 7.62. The average Bonchev–Trinajstić information content (AvgIpc) is 3.81.